The summed E-state index contributed by atoms with van der Waals surface area (Å²) in [5, 5.41) is 2.78. The van der Waals surface area contributed by atoms with Crippen molar-refractivity contribution < 1.29 is 23.0 Å². The third-order valence-electron chi connectivity index (χ3n) is 5.10. The molecule has 0 fully saturated rings. The molecule has 0 aliphatic carbocycles. The SMILES string of the molecule is F[B-](F)(F)F.[NH3+]C(c1ccccc1)[C@@H](c1ccccc1)P(c1ccccc1)c1ccccc1. The second-order valence-corrected chi connectivity index (χ2v) is 9.74. The summed E-state index contributed by atoms with van der Waals surface area (Å²) >= 11 is 0. The van der Waals surface area contributed by atoms with E-state index in [0.29, 0.717) is 5.66 Å². The number of hydrogen-bond donors (Lipinski definition) is 1. The standard InChI is InChI=1S/C26H24NP.BF4/c27-25(21-13-5-1-6-14-21)26(22-15-7-2-8-16-22)28(23-17-9-3-10-18-23)24-19-11-4-12-20-24;2-1(3,4)5/h1-20,25-26H,27H2;/q;-1/p+1/t25?,26-;/m1./s1. The quantitative estimate of drug-likeness (QED) is 0.200. The smallest absolute Gasteiger partial charge is 0.418 e. The van der Waals surface area contributed by atoms with Crippen LogP contribution >= 0.6 is 7.92 Å². The summed E-state index contributed by atoms with van der Waals surface area (Å²) in [4.78, 5) is 0. The first-order chi connectivity index (χ1) is 15.8. The molecule has 170 valence electrons. The predicted octanol–water partition coefficient (Wildman–Crippen LogP) is 6.14. The van der Waals surface area contributed by atoms with E-state index in [1.807, 2.05) is 0 Å². The van der Waals surface area contributed by atoms with Crippen LogP contribution < -0.4 is 16.3 Å². The van der Waals surface area contributed by atoms with Gasteiger partial charge in [-0.15, -0.1) is 0 Å². The van der Waals surface area contributed by atoms with Gasteiger partial charge in [-0.25, -0.2) is 0 Å². The Bertz CT molecular complexity index is 1040. The first kappa shape index (κ1) is 24.7. The third-order valence-corrected chi connectivity index (χ3v) is 8.02. The van der Waals surface area contributed by atoms with Gasteiger partial charge in [-0.1, -0.05) is 121 Å². The van der Waals surface area contributed by atoms with Crippen LogP contribution in [0.4, 0.5) is 17.3 Å². The zero-order chi connectivity index (χ0) is 23.7. The molecular weight excluding hydrogens is 444 g/mol. The number of benzene rings is 4. The van der Waals surface area contributed by atoms with E-state index in [4.69, 9.17) is 0 Å². The normalized spacial score (nSPS) is 13.0. The Morgan fingerprint density at radius 1 is 0.515 bits per heavy atom. The lowest BCUT2D eigenvalue weighted by atomic mass is 9.99. The topological polar surface area (TPSA) is 27.6 Å². The van der Waals surface area contributed by atoms with Crippen molar-refractivity contribution in [3.8, 4) is 0 Å². The van der Waals surface area contributed by atoms with Crippen molar-refractivity contribution in [1.82, 2.24) is 0 Å². The molecule has 2 atom stereocenters. The summed E-state index contributed by atoms with van der Waals surface area (Å²) < 4.78 is 39.0. The Kier molecular flexibility index (Phi) is 8.82. The molecule has 0 aliphatic heterocycles. The van der Waals surface area contributed by atoms with Crippen LogP contribution in [-0.2, 0) is 0 Å². The van der Waals surface area contributed by atoms with Gasteiger partial charge in [0.15, 0.2) is 0 Å². The van der Waals surface area contributed by atoms with Crippen molar-refractivity contribution in [3.63, 3.8) is 0 Å². The van der Waals surface area contributed by atoms with Crippen LogP contribution in [0.25, 0.3) is 0 Å². The summed E-state index contributed by atoms with van der Waals surface area (Å²) in [5.41, 5.74) is 7.61. The minimum absolute atomic E-state index is 0.162. The first-order valence-corrected chi connectivity index (χ1v) is 12.0. The molecule has 0 aliphatic rings. The lowest BCUT2D eigenvalue weighted by Crippen LogP contribution is -2.56. The van der Waals surface area contributed by atoms with Crippen LogP contribution in [0, 0.1) is 0 Å². The third kappa shape index (κ3) is 7.56. The highest BCUT2D eigenvalue weighted by molar-refractivity contribution is 7.73. The number of rotatable bonds is 6. The van der Waals surface area contributed by atoms with Gasteiger partial charge in [0.1, 0.15) is 6.04 Å². The molecule has 1 nitrogen and oxygen atoms in total. The fourth-order valence-electron chi connectivity index (χ4n) is 3.74. The molecule has 0 radical (unpaired) electrons. The fourth-order valence-corrected chi connectivity index (χ4v) is 6.67. The first-order valence-electron chi connectivity index (χ1n) is 10.5. The Hall–Kier alpha value is -2.95. The van der Waals surface area contributed by atoms with Crippen molar-refractivity contribution in [3.05, 3.63) is 132 Å². The minimum Gasteiger partial charge on any atom is -0.418 e. The summed E-state index contributed by atoms with van der Waals surface area (Å²) in [7, 11) is -6.62. The van der Waals surface area contributed by atoms with E-state index in [9.17, 15) is 17.3 Å². The van der Waals surface area contributed by atoms with E-state index in [2.05, 4.69) is 127 Å². The molecule has 0 heterocycles. The van der Waals surface area contributed by atoms with Crippen LogP contribution in [-0.4, -0.2) is 7.25 Å². The van der Waals surface area contributed by atoms with Gasteiger partial charge in [-0.05, 0) is 24.1 Å². The van der Waals surface area contributed by atoms with Crippen molar-refractivity contribution >= 4 is 25.8 Å². The van der Waals surface area contributed by atoms with E-state index >= 15 is 0 Å². The summed E-state index contributed by atoms with van der Waals surface area (Å²) in [5.74, 6) is 0. The maximum absolute atomic E-state index is 9.75. The fraction of sp³-hybridized carbons (Fsp3) is 0.0769. The van der Waals surface area contributed by atoms with Crippen molar-refractivity contribution in [2.24, 2.45) is 0 Å². The molecule has 0 saturated carbocycles. The second kappa shape index (κ2) is 11.8. The summed E-state index contributed by atoms with van der Waals surface area (Å²) in [6, 6.07) is 43.6. The molecule has 0 spiro atoms. The molecule has 0 amide bonds. The number of hydrogen-bond acceptors (Lipinski definition) is 0. The van der Waals surface area contributed by atoms with E-state index in [1.54, 1.807) is 0 Å². The number of quaternary nitrogens is 1. The molecule has 33 heavy (non-hydrogen) atoms. The monoisotopic (exact) mass is 469 g/mol. The van der Waals surface area contributed by atoms with E-state index < -0.39 is 15.2 Å². The Balaban J connectivity index is 0.000000555. The van der Waals surface area contributed by atoms with Gasteiger partial charge >= 0.3 is 7.25 Å². The van der Waals surface area contributed by atoms with Gasteiger partial charge in [0.25, 0.3) is 0 Å². The van der Waals surface area contributed by atoms with Crippen LogP contribution in [0.1, 0.15) is 22.8 Å². The molecule has 0 saturated heterocycles. The average molecular weight is 469 g/mol. The minimum atomic E-state index is -6.00. The molecule has 3 N–H and O–H groups in total. The van der Waals surface area contributed by atoms with Crippen LogP contribution in [0.3, 0.4) is 0 Å². The Morgan fingerprint density at radius 3 is 1.18 bits per heavy atom. The van der Waals surface area contributed by atoms with Crippen LogP contribution in [0.5, 0.6) is 0 Å². The van der Waals surface area contributed by atoms with E-state index in [0.717, 1.165) is 0 Å². The number of halogens is 4. The van der Waals surface area contributed by atoms with Gasteiger partial charge in [-0.3, -0.25) is 0 Å². The van der Waals surface area contributed by atoms with Gasteiger partial charge in [0, 0.05) is 5.56 Å². The van der Waals surface area contributed by atoms with Gasteiger partial charge < -0.3 is 23.0 Å². The van der Waals surface area contributed by atoms with E-state index in [-0.39, 0.29) is 6.04 Å². The Labute approximate surface area is 193 Å². The molecule has 0 bridgehead atoms. The average Bonchev–Trinajstić information content (AvgIpc) is 2.83. The molecule has 1 unspecified atom stereocenters. The van der Waals surface area contributed by atoms with Gasteiger partial charge in [-0.2, -0.15) is 0 Å². The van der Waals surface area contributed by atoms with Crippen molar-refractivity contribution in [2.75, 3.05) is 0 Å². The van der Waals surface area contributed by atoms with Crippen LogP contribution in [0.2, 0.25) is 0 Å². The predicted molar refractivity (Wildman–Crippen MR) is 131 cm³/mol. The lowest BCUT2D eigenvalue weighted by molar-refractivity contribution is -0.427. The summed E-state index contributed by atoms with van der Waals surface area (Å²) in [6.07, 6.45) is 0. The highest BCUT2D eigenvalue weighted by atomic mass is 31.1. The Morgan fingerprint density at radius 2 is 0.818 bits per heavy atom. The zero-order valence-electron chi connectivity index (χ0n) is 17.9. The van der Waals surface area contributed by atoms with Crippen LogP contribution in [0.15, 0.2) is 121 Å². The van der Waals surface area contributed by atoms with Gasteiger partial charge in [0.05, 0.1) is 5.66 Å². The molecule has 4 aromatic carbocycles. The summed E-state index contributed by atoms with van der Waals surface area (Å²) in [6.45, 7) is 0. The molecule has 4 rings (SSSR count). The highest BCUT2D eigenvalue weighted by Crippen LogP contribution is 2.54. The maximum Gasteiger partial charge on any atom is 0.673 e. The van der Waals surface area contributed by atoms with Crippen molar-refractivity contribution in [2.45, 2.75) is 11.7 Å². The second-order valence-electron chi connectivity index (χ2n) is 7.41. The molecule has 4 aromatic rings. The van der Waals surface area contributed by atoms with E-state index in [1.165, 1.54) is 21.7 Å². The maximum atomic E-state index is 9.75. The lowest BCUT2D eigenvalue weighted by Gasteiger charge is -2.31. The largest absolute Gasteiger partial charge is 0.673 e. The molecule has 0 aromatic heterocycles. The molecular formula is C26H25BF4NP. The molecule has 7 heteroatoms. The van der Waals surface area contributed by atoms with Gasteiger partial charge in [0.2, 0.25) is 0 Å². The zero-order valence-corrected chi connectivity index (χ0v) is 18.8. The highest BCUT2D eigenvalue weighted by Gasteiger charge is 2.34. The van der Waals surface area contributed by atoms with Crippen molar-refractivity contribution in [1.29, 1.82) is 0 Å².